The van der Waals surface area contributed by atoms with Crippen LogP contribution in [0.4, 0.5) is 10.5 Å². The van der Waals surface area contributed by atoms with Crippen LogP contribution in [0.2, 0.25) is 10.0 Å². The van der Waals surface area contributed by atoms with Crippen molar-refractivity contribution in [3.05, 3.63) is 63.6 Å². The topological polar surface area (TPSA) is 67.4 Å². The van der Waals surface area contributed by atoms with Crippen LogP contribution in [0.5, 0.6) is 0 Å². The highest BCUT2D eigenvalue weighted by Crippen LogP contribution is 2.22. The molecule has 0 unspecified atom stereocenters. The van der Waals surface area contributed by atoms with E-state index in [1.807, 2.05) is 6.07 Å². The van der Waals surface area contributed by atoms with Gasteiger partial charge in [0.25, 0.3) is 0 Å². The van der Waals surface area contributed by atoms with Gasteiger partial charge in [-0.1, -0.05) is 41.4 Å². The molecule has 0 bridgehead atoms. The van der Waals surface area contributed by atoms with Crippen molar-refractivity contribution < 1.29 is 14.3 Å². The van der Waals surface area contributed by atoms with E-state index in [0.29, 0.717) is 34.3 Å². The maximum atomic E-state index is 12.0. The van der Waals surface area contributed by atoms with E-state index in [1.165, 1.54) is 0 Å². The van der Waals surface area contributed by atoms with E-state index in [0.717, 1.165) is 5.56 Å². The molecule has 132 valence electrons. The number of halogens is 2. The maximum absolute atomic E-state index is 12.0. The first-order valence-electron chi connectivity index (χ1n) is 7.76. The lowest BCUT2D eigenvalue weighted by molar-refractivity contribution is 0.0527. The van der Waals surface area contributed by atoms with Gasteiger partial charge >= 0.3 is 12.0 Å². The number of rotatable bonds is 6. The molecule has 0 aromatic heterocycles. The largest absolute Gasteiger partial charge is 0.462 e. The van der Waals surface area contributed by atoms with Gasteiger partial charge < -0.3 is 15.4 Å². The van der Waals surface area contributed by atoms with Gasteiger partial charge in [0, 0.05) is 6.54 Å². The third-order valence-corrected chi connectivity index (χ3v) is 4.09. The Morgan fingerprint density at radius 3 is 2.56 bits per heavy atom. The second-order valence-electron chi connectivity index (χ2n) is 5.15. The standard InChI is InChI=1S/C18H18Cl2N2O3/c1-2-25-17(23)13-5-3-4-6-16(13)22-18(24)21-10-9-12-7-8-14(19)15(20)11-12/h3-8,11H,2,9-10H2,1H3,(H2,21,22,24). The zero-order valence-corrected chi connectivity index (χ0v) is 15.2. The van der Waals surface area contributed by atoms with Crippen LogP contribution >= 0.6 is 23.2 Å². The molecule has 0 aliphatic carbocycles. The summed E-state index contributed by atoms with van der Waals surface area (Å²) in [4.78, 5) is 23.9. The number of carbonyl (C=O) groups excluding carboxylic acids is 2. The number of nitrogens with one attached hydrogen (secondary N) is 2. The van der Waals surface area contributed by atoms with Gasteiger partial charge in [0.1, 0.15) is 0 Å². The fraction of sp³-hybridized carbons (Fsp3) is 0.222. The van der Waals surface area contributed by atoms with Crippen LogP contribution in [-0.4, -0.2) is 25.2 Å². The molecule has 2 aromatic carbocycles. The second-order valence-corrected chi connectivity index (χ2v) is 5.96. The molecule has 25 heavy (non-hydrogen) atoms. The second kappa shape index (κ2) is 9.30. The molecule has 0 saturated carbocycles. The highest BCUT2D eigenvalue weighted by molar-refractivity contribution is 6.42. The molecule has 0 fully saturated rings. The molecule has 0 aliphatic rings. The Morgan fingerprint density at radius 2 is 1.84 bits per heavy atom. The quantitative estimate of drug-likeness (QED) is 0.723. The first-order chi connectivity index (χ1) is 12.0. The number of para-hydroxylation sites is 1. The Morgan fingerprint density at radius 1 is 1.08 bits per heavy atom. The zero-order chi connectivity index (χ0) is 18.2. The Bertz CT molecular complexity index is 766. The molecule has 0 heterocycles. The van der Waals surface area contributed by atoms with Crippen molar-refractivity contribution >= 4 is 40.9 Å². The van der Waals surface area contributed by atoms with Crippen LogP contribution in [0.1, 0.15) is 22.8 Å². The minimum atomic E-state index is -0.478. The number of carbonyl (C=O) groups is 2. The van der Waals surface area contributed by atoms with Crippen LogP contribution in [0.25, 0.3) is 0 Å². The molecule has 0 aliphatic heterocycles. The highest BCUT2D eigenvalue weighted by Gasteiger charge is 2.13. The Hall–Kier alpha value is -2.24. The first-order valence-corrected chi connectivity index (χ1v) is 8.51. The fourth-order valence-electron chi connectivity index (χ4n) is 2.16. The number of amides is 2. The van der Waals surface area contributed by atoms with Crippen molar-refractivity contribution in [2.45, 2.75) is 13.3 Å². The fourth-order valence-corrected chi connectivity index (χ4v) is 2.48. The van der Waals surface area contributed by atoms with Gasteiger partial charge in [-0.15, -0.1) is 0 Å². The third kappa shape index (κ3) is 5.66. The number of hydrogen-bond acceptors (Lipinski definition) is 3. The van der Waals surface area contributed by atoms with E-state index in [2.05, 4.69) is 10.6 Å². The van der Waals surface area contributed by atoms with Crippen molar-refractivity contribution in [3.8, 4) is 0 Å². The Balaban J connectivity index is 1.90. The molecule has 0 atom stereocenters. The Kier molecular flexibility index (Phi) is 7.10. The molecule has 5 nitrogen and oxygen atoms in total. The molecular formula is C18H18Cl2N2O3. The van der Waals surface area contributed by atoms with Gasteiger partial charge in [-0.25, -0.2) is 9.59 Å². The SMILES string of the molecule is CCOC(=O)c1ccccc1NC(=O)NCCc1ccc(Cl)c(Cl)c1. The summed E-state index contributed by atoms with van der Waals surface area (Å²) < 4.78 is 4.98. The maximum Gasteiger partial charge on any atom is 0.340 e. The van der Waals surface area contributed by atoms with Crippen molar-refractivity contribution in [2.24, 2.45) is 0 Å². The van der Waals surface area contributed by atoms with E-state index >= 15 is 0 Å². The monoisotopic (exact) mass is 380 g/mol. The van der Waals surface area contributed by atoms with Crippen molar-refractivity contribution in [1.29, 1.82) is 0 Å². The average Bonchev–Trinajstić information content (AvgIpc) is 2.59. The van der Waals surface area contributed by atoms with Gasteiger partial charge in [-0.3, -0.25) is 0 Å². The summed E-state index contributed by atoms with van der Waals surface area (Å²) in [7, 11) is 0. The van der Waals surface area contributed by atoms with Crippen LogP contribution in [-0.2, 0) is 11.2 Å². The number of urea groups is 1. The molecule has 2 N–H and O–H groups in total. The summed E-state index contributed by atoms with van der Waals surface area (Å²) >= 11 is 11.8. The van der Waals surface area contributed by atoms with Crippen molar-refractivity contribution in [3.63, 3.8) is 0 Å². The first kappa shape index (κ1) is 19.1. The lowest BCUT2D eigenvalue weighted by Crippen LogP contribution is -2.31. The van der Waals surface area contributed by atoms with Gasteiger partial charge in [-0.05, 0) is 43.2 Å². The number of ether oxygens (including phenoxy) is 1. The summed E-state index contributed by atoms with van der Waals surface area (Å²) in [6.07, 6.45) is 0.601. The molecule has 0 radical (unpaired) electrons. The minimum absolute atomic E-state index is 0.267. The number of hydrogen-bond donors (Lipinski definition) is 2. The van der Waals surface area contributed by atoms with Crippen molar-refractivity contribution in [2.75, 3.05) is 18.5 Å². The summed E-state index contributed by atoms with van der Waals surface area (Å²) in [5.74, 6) is -0.478. The summed E-state index contributed by atoms with van der Waals surface area (Å²) in [6.45, 7) is 2.40. The van der Waals surface area contributed by atoms with Gasteiger partial charge in [0.15, 0.2) is 0 Å². The highest BCUT2D eigenvalue weighted by atomic mass is 35.5. The van der Waals surface area contributed by atoms with Crippen LogP contribution < -0.4 is 10.6 Å². The average molecular weight is 381 g/mol. The zero-order valence-electron chi connectivity index (χ0n) is 13.6. The summed E-state index contributed by atoms with van der Waals surface area (Å²) in [5.41, 5.74) is 1.67. The van der Waals surface area contributed by atoms with Crippen LogP contribution in [0, 0.1) is 0 Å². The summed E-state index contributed by atoms with van der Waals surface area (Å²) in [5, 5.41) is 6.36. The van der Waals surface area contributed by atoms with E-state index in [-0.39, 0.29) is 6.61 Å². The van der Waals surface area contributed by atoms with Gasteiger partial charge in [0.05, 0.1) is 27.9 Å². The van der Waals surface area contributed by atoms with Crippen LogP contribution in [0.3, 0.4) is 0 Å². The predicted molar refractivity (Wildman–Crippen MR) is 99.6 cm³/mol. The van der Waals surface area contributed by atoms with E-state index in [9.17, 15) is 9.59 Å². The Labute approximate surface area is 156 Å². The molecule has 2 aromatic rings. The number of benzene rings is 2. The smallest absolute Gasteiger partial charge is 0.340 e. The predicted octanol–water partition coefficient (Wildman–Crippen LogP) is 4.53. The van der Waals surface area contributed by atoms with E-state index in [1.54, 1.807) is 43.3 Å². The molecule has 0 saturated heterocycles. The lowest BCUT2D eigenvalue weighted by Gasteiger charge is -2.11. The molecule has 0 spiro atoms. The lowest BCUT2D eigenvalue weighted by atomic mass is 10.1. The minimum Gasteiger partial charge on any atom is -0.462 e. The van der Waals surface area contributed by atoms with Crippen LogP contribution in [0.15, 0.2) is 42.5 Å². The van der Waals surface area contributed by atoms with E-state index in [4.69, 9.17) is 27.9 Å². The van der Waals surface area contributed by atoms with Gasteiger partial charge in [0.2, 0.25) is 0 Å². The molecule has 2 amide bonds. The summed E-state index contributed by atoms with van der Waals surface area (Å²) in [6, 6.07) is 11.6. The molecule has 7 heteroatoms. The van der Waals surface area contributed by atoms with Crippen molar-refractivity contribution in [1.82, 2.24) is 5.32 Å². The number of anilines is 1. The molecular weight excluding hydrogens is 363 g/mol. The number of esters is 1. The van der Waals surface area contributed by atoms with Gasteiger partial charge in [-0.2, -0.15) is 0 Å². The normalized spacial score (nSPS) is 10.2. The third-order valence-electron chi connectivity index (χ3n) is 3.35. The molecule has 2 rings (SSSR count). The van der Waals surface area contributed by atoms with E-state index < -0.39 is 12.0 Å².